The highest BCUT2D eigenvalue weighted by Crippen LogP contribution is 2.26. The lowest BCUT2D eigenvalue weighted by atomic mass is 9.99. The number of hydrogen-bond donors (Lipinski definition) is 3. The first-order chi connectivity index (χ1) is 15.4. The van der Waals surface area contributed by atoms with E-state index in [2.05, 4.69) is 35.5 Å². The number of nitrogens with two attached hydrogens (primary N) is 1. The van der Waals surface area contributed by atoms with Gasteiger partial charge in [0, 0.05) is 24.2 Å². The number of rotatable bonds is 6. The summed E-state index contributed by atoms with van der Waals surface area (Å²) >= 11 is 0. The molecule has 0 atom stereocenters. The quantitative estimate of drug-likeness (QED) is 0.608. The minimum absolute atomic E-state index is 0.0405. The van der Waals surface area contributed by atoms with Gasteiger partial charge in [0.05, 0.1) is 12.2 Å². The van der Waals surface area contributed by atoms with Crippen LogP contribution in [0, 0.1) is 13.8 Å². The number of nitrogens with one attached hydrogen (secondary N) is 2. The summed E-state index contributed by atoms with van der Waals surface area (Å²) in [5.41, 5.74) is 11.1. The number of ketones is 1. The van der Waals surface area contributed by atoms with Crippen molar-refractivity contribution < 1.29 is 9.59 Å². The SMILES string of the molecule is CC.CC.Cc1cccc(C2=CCC(=O)C(Nc3ccc(CNCC(N)=O)cc3)=N2)c1C. The maximum atomic E-state index is 12.3. The number of carbonyl (C=O) groups excluding carboxylic acids is 2. The fourth-order valence-electron chi connectivity index (χ4n) is 2.98. The monoisotopic (exact) mass is 436 g/mol. The van der Waals surface area contributed by atoms with Crippen molar-refractivity contribution in [2.75, 3.05) is 11.9 Å². The molecule has 0 aliphatic carbocycles. The average Bonchev–Trinajstić information content (AvgIpc) is 2.81. The minimum Gasteiger partial charge on any atom is -0.369 e. The Morgan fingerprint density at radius 2 is 1.69 bits per heavy atom. The van der Waals surface area contributed by atoms with Crippen LogP contribution in [0.2, 0.25) is 0 Å². The molecule has 0 saturated carbocycles. The second-order valence-electron chi connectivity index (χ2n) is 6.82. The van der Waals surface area contributed by atoms with Gasteiger partial charge in [-0.3, -0.25) is 9.59 Å². The Morgan fingerprint density at radius 1 is 1.03 bits per heavy atom. The Morgan fingerprint density at radius 3 is 2.31 bits per heavy atom. The molecule has 0 aromatic heterocycles. The molecule has 172 valence electrons. The first-order valence-electron chi connectivity index (χ1n) is 11.2. The van der Waals surface area contributed by atoms with E-state index in [1.54, 1.807) is 0 Å². The fourth-order valence-corrected chi connectivity index (χ4v) is 2.98. The molecular formula is C26H36N4O2. The van der Waals surface area contributed by atoms with Gasteiger partial charge in [-0.2, -0.15) is 0 Å². The van der Waals surface area contributed by atoms with Crippen molar-refractivity contribution in [2.24, 2.45) is 10.7 Å². The molecule has 1 aliphatic rings. The predicted octanol–water partition coefficient (Wildman–Crippen LogP) is 4.76. The maximum Gasteiger partial charge on any atom is 0.231 e. The van der Waals surface area contributed by atoms with E-state index < -0.39 is 0 Å². The molecule has 0 radical (unpaired) electrons. The second kappa shape index (κ2) is 13.9. The number of carbonyl (C=O) groups is 2. The van der Waals surface area contributed by atoms with Crippen LogP contribution in [-0.4, -0.2) is 24.1 Å². The number of aliphatic imine (C=N–C) groups is 1. The third-order valence-electron chi connectivity index (χ3n) is 4.70. The first kappa shape index (κ1) is 26.8. The van der Waals surface area contributed by atoms with Gasteiger partial charge in [0.1, 0.15) is 0 Å². The van der Waals surface area contributed by atoms with Gasteiger partial charge in [0.2, 0.25) is 11.7 Å². The number of anilines is 1. The van der Waals surface area contributed by atoms with E-state index in [0.29, 0.717) is 18.8 Å². The third-order valence-corrected chi connectivity index (χ3v) is 4.70. The Bertz CT molecular complexity index is 960. The maximum absolute atomic E-state index is 12.3. The number of amidine groups is 1. The number of allylic oxidation sites excluding steroid dienone is 1. The molecule has 0 unspecified atom stereocenters. The lowest BCUT2D eigenvalue weighted by Gasteiger charge is -2.16. The zero-order valence-corrected chi connectivity index (χ0v) is 20.1. The van der Waals surface area contributed by atoms with Gasteiger partial charge in [0.15, 0.2) is 5.84 Å². The van der Waals surface area contributed by atoms with E-state index >= 15 is 0 Å². The zero-order valence-electron chi connectivity index (χ0n) is 20.1. The molecule has 0 fully saturated rings. The number of aryl methyl sites for hydroxylation is 1. The third kappa shape index (κ3) is 7.78. The largest absolute Gasteiger partial charge is 0.369 e. The van der Waals surface area contributed by atoms with Crippen molar-refractivity contribution >= 4 is 28.9 Å². The van der Waals surface area contributed by atoms with Crippen molar-refractivity contribution in [2.45, 2.75) is 54.5 Å². The Labute approximate surface area is 192 Å². The van der Waals surface area contributed by atoms with Gasteiger partial charge in [-0.25, -0.2) is 4.99 Å². The van der Waals surface area contributed by atoms with Gasteiger partial charge in [-0.1, -0.05) is 64.1 Å². The topological polar surface area (TPSA) is 96.6 Å². The van der Waals surface area contributed by atoms with Crippen molar-refractivity contribution in [3.05, 3.63) is 70.8 Å². The number of hydrogen-bond acceptors (Lipinski definition) is 5. The summed E-state index contributed by atoms with van der Waals surface area (Å²) in [4.78, 5) is 27.6. The standard InChI is InChI=1S/C22H24N4O2.2C2H6/c1-14-4-3-5-18(15(14)2)19-10-11-20(27)22(26-19)25-17-8-6-16(7-9-17)12-24-13-21(23)28;2*1-2/h3-10,24H,11-13H2,1-2H3,(H2,23,28)(H,25,26);2*1-2H3. The van der Waals surface area contributed by atoms with Crippen LogP contribution < -0.4 is 16.4 Å². The van der Waals surface area contributed by atoms with Crippen LogP contribution in [0.15, 0.2) is 53.5 Å². The van der Waals surface area contributed by atoms with Crippen molar-refractivity contribution in [3.8, 4) is 0 Å². The molecule has 6 heteroatoms. The molecule has 6 nitrogen and oxygen atoms in total. The molecule has 1 amide bonds. The second-order valence-corrected chi connectivity index (χ2v) is 6.82. The summed E-state index contributed by atoms with van der Waals surface area (Å²) in [6.07, 6.45) is 2.20. The van der Waals surface area contributed by atoms with Gasteiger partial charge >= 0.3 is 0 Å². The number of amides is 1. The predicted molar refractivity (Wildman–Crippen MR) is 135 cm³/mol. The molecule has 1 aliphatic heterocycles. The fraction of sp³-hybridized carbons (Fsp3) is 0.346. The summed E-state index contributed by atoms with van der Waals surface area (Å²) < 4.78 is 0. The van der Waals surface area contributed by atoms with E-state index in [1.807, 2.05) is 70.2 Å². The molecule has 3 rings (SSSR count). The van der Waals surface area contributed by atoms with Crippen LogP contribution in [0.5, 0.6) is 0 Å². The summed E-state index contributed by atoms with van der Waals surface area (Å²) in [6.45, 7) is 12.8. The molecule has 4 N–H and O–H groups in total. The van der Waals surface area contributed by atoms with Crippen molar-refractivity contribution in [1.29, 1.82) is 0 Å². The summed E-state index contributed by atoms with van der Waals surface area (Å²) in [5, 5.41) is 6.09. The molecule has 32 heavy (non-hydrogen) atoms. The average molecular weight is 437 g/mol. The molecular weight excluding hydrogens is 400 g/mol. The van der Waals surface area contributed by atoms with Crippen LogP contribution in [0.3, 0.4) is 0 Å². The number of nitrogens with zero attached hydrogens (tertiary/aromatic N) is 1. The molecule has 1 heterocycles. The summed E-state index contributed by atoms with van der Waals surface area (Å²) in [7, 11) is 0. The Hall–Kier alpha value is -3.25. The highest BCUT2D eigenvalue weighted by atomic mass is 16.1. The minimum atomic E-state index is -0.389. The van der Waals surface area contributed by atoms with E-state index in [9.17, 15) is 9.59 Å². The number of primary amides is 1. The van der Waals surface area contributed by atoms with Crippen LogP contribution in [0.25, 0.3) is 5.70 Å². The number of benzene rings is 2. The molecule has 0 bridgehead atoms. The highest BCUT2D eigenvalue weighted by molar-refractivity contribution is 6.45. The molecule has 2 aromatic rings. The van der Waals surface area contributed by atoms with Crippen LogP contribution in [0.1, 0.15) is 56.4 Å². The van der Waals surface area contributed by atoms with Crippen LogP contribution in [-0.2, 0) is 16.1 Å². The smallest absolute Gasteiger partial charge is 0.231 e. The van der Waals surface area contributed by atoms with Gasteiger partial charge in [0.25, 0.3) is 0 Å². The first-order valence-corrected chi connectivity index (χ1v) is 11.2. The molecule has 0 spiro atoms. The lowest BCUT2D eigenvalue weighted by molar-refractivity contribution is -0.117. The van der Waals surface area contributed by atoms with Gasteiger partial charge < -0.3 is 16.4 Å². The summed E-state index contributed by atoms with van der Waals surface area (Å²) in [5.74, 6) is -0.0842. The van der Waals surface area contributed by atoms with Crippen molar-refractivity contribution in [1.82, 2.24) is 5.32 Å². The Balaban J connectivity index is 0.00000121. The van der Waals surface area contributed by atoms with E-state index in [0.717, 1.165) is 22.5 Å². The normalized spacial score (nSPS) is 12.4. The Kier molecular flexibility index (Phi) is 11.7. The molecule has 2 aromatic carbocycles. The van der Waals surface area contributed by atoms with Crippen LogP contribution in [0.4, 0.5) is 5.69 Å². The summed E-state index contributed by atoms with van der Waals surface area (Å²) in [6, 6.07) is 13.7. The number of Topliss-reactive ketones (excluding diaryl/α,β-unsaturated/α-hetero) is 1. The van der Waals surface area contributed by atoms with E-state index in [4.69, 9.17) is 5.73 Å². The lowest BCUT2D eigenvalue weighted by Crippen LogP contribution is -2.28. The van der Waals surface area contributed by atoms with Gasteiger partial charge in [-0.15, -0.1) is 0 Å². The van der Waals surface area contributed by atoms with Crippen LogP contribution >= 0.6 is 0 Å². The van der Waals surface area contributed by atoms with Crippen molar-refractivity contribution in [3.63, 3.8) is 0 Å². The highest BCUT2D eigenvalue weighted by Gasteiger charge is 2.18. The molecule has 0 saturated heterocycles. The van der Waals surface area contributed by atoms with Gasteiger partial charge in [-0.05, 0) is 42.7 Å². The van der Waals surface area contributed by atoms with E-state index in [1.165, 1.54) is 11.1 Å². The zero-order chi connectivity index (χ0) is 24.1. The van der Waals surface area contributed by atoms with E-state index in [-0.39, 0.29) is 18.2 Å².